The monoisotopic (exact) mass is 275 g/mol. The molecule has 0 spiro atoms. The highest BCUT2D eigenvalue weighted by atomic mass is 32.2. The van der Waals surface area contributed by atoms with Crippen molar-refractivity contribution in [3.8, 4) is 0 Å². The molecule has 4 nitrogen and oxygen atoms in total. The van der Waals surface area contributed by atoms with Crippen LogP contribution in [0.2, 0.25) is 0 Å². The van der Waals surface area contributed by atoms with E-state index in [2.05, 4.69) is 21.5 Å². The maximum absolute atomic E-state index is 12.2. The third-order valence-corrected chi connectivity index (χ3v) is 4.04. The molecule has 0 amide bonds. The second-order valence-corrected chi connectivity index (χ2v) is 5.28. The first-order valence-corrected chi connectivity index (χ1v) is 7.20. The van der Waals surface area contributed by atoms with Crippen molar-refractivity contribution in [2.75, 3.05) is 5.75 Å². The Morgan fingerprint density at radius 2 is 2.21 bits per heavy atom. The van der Waals surface area contributed by atoms with Crippen LogP contribution in [0.15, 0.2) is 29.7 Å². The molecule has 0 fully saturated rings. The molecule has 0 atom stereocenters. The van der Waals surface area contributed by atoms with Gasteiger partial charge in [0.15, 0.2) is 5.78 Å². The van der Waals surface area contributed by atoms with Gasteiger partial charge in [-0.05, 0) is 32.9 Å². The smallest absolute Gasteiger partial charge is 0.174 e. The van der Waals surface area contributed by atoms with E-state index >= 15 is 0 Å². The van der Waals surface area contributed by atoms with E-state index in [4.69, 9.17) is 0 Å². The maximum atomic E-state index is 12.2. The number of Topliss-reactive ketones (excluding diaryl/α,β-unsaturated/α-hetero) is 1. The SMILES string of the molecule is CCn1c(C)cc(C(=O)CSc2ccncn2)c1C. The van der Waals surface area contributed by atoms with Crippen LogP contribution in [-0.2, 0) is 6.54 Å². The molecule has 2 heterocycles. The second kappa shape index (κ2) is 6.02. The molecule has 0 radical (unpaired) electrons. The van der Waals surface area contributed by atoms with Crippen LogP contribution in [0.4, 0.5) is 0 Å². The minimum absolute atomic E-state index is 0.149. The molecule has 19 heavy (non-hydrogen) atoms. The summed E-state index contributed by atoms with van der Waals surface area (Å²) in [5.74, 6) is 0.557. The Balaban J connectivity index is 2.08. The largest absolute Gasteiger partial charge is 0.349 e. The highest BCUT2D eigenvalue weighted by molar-refractivity contribution is 7.99. The Bertz CT molecular complexity index is 578. The Labute approximate surface area is 117 Å². The summed E-state index contributed by atoms with van der Waals surface area (Å²) >= 11 is 1.44. The molecule has 5 heteroatoms. The van der Waals surface area contributed by atoms with Gasteiger partial charge in [-0.3, -0.25) is 4.79 Å². The van der Waals surface area contributed by atoms with E-state index in [-0.39, 0.29) is 5.78 Å². The summed E-state index contributed by atoms with van der Waals surface area (Å²) < 4.78 is 2.16. The van der Waals surface area contributed by atoms with Crippen molar-refractivity contribution < 1.29 is 4.79 Å². The topological polar surface area (TPSA) is 47.8 Å². The molecule has 0 unspecified atom stereocenters. The molecule has 0 aromatic carbocycles. The van der Waals surface area contributed by atoms with E-state index in [0.29, 0.717) is 5.75 Å². The van der Waals surface area contributed by atoms with E-state index < -0.39 is 0 Å². The molecule has 2 rings (SSSR count). The molecule has 100 valence electrons. The lowest BCUT2D eigenvalue weighted by Crippen LogP contribution is -2.06. The number of nitrogens with zero attached hydrogens (tertiary/aromatic N) is 3. The van der Waals surface area contributed by atoms with Crippen molar-refractivity contribution in [2.24, 2.45) is 0 Å². The number of hydrogen-bond acceptors (Lipinski definition) is 4. The number of aryl methyl sites for hydroxylation is 1. The third-order valence-electron chi connectivity index (χ3n) is 3.10. The Hall–Kier alpha value is -1.62. The predicted octanol–water partition coefficient (Wildman–Crippen LogP) is 2.89. The molecule has 0 aliphatic heterocycles. The van der Waals surface area contributed by atoms with Gasteiger partial charge in [0.1, 0.15) is 6.33 Å². The van der Waals surface area contributed by atoms with Crippen molar-refractivity contribution in [1.29, 1.82) is 0 Å². The highest BCUT2D eigenvalue weighted by Gasteiger charge is 2.15. The number of carbonyl (C=O) groups is 1. The minimum Gasteiger partial charge on any atom is -0.349 e. The Morgan fingerprint density at radius 3 is 2.79 bits per heavy atom. The van der Waals surface area contributed by atoms with Crippen LogP contribution in [0.3, 0.4) is 0 Å². The number of hydrogen-bond donors (Lipinski definition) is 0. The van der Waals surface area contributed by atoms with Crippen molar-refractivity contribution >= 4 is 17.5 Å². The van der Waals surface area contributed by atoms with Crippen LogP contribution in [0.1, 0.15) is 28.7 Å². The summed E-state index contributed by atoms with van der Waals surface area (Å²) in [4.78, 5) is 20.2. The summed E-state index contributed by atoms with van der Waals surface area (Å²) in [6.45, 7) is 7.01. The molecule has 0 saturated carbocycles. The van der Waals surface area contributed by atoms with Gasteiger partial charge in [0.2, 0.25) is 0 Å². The van der Waals surface area contributed by atoms with Crippen molar-refractivity contribution in [1.82, 2.24) is 14.5 Å². The molecule has 2 aromatic rings. The molecular weight excluding hydrogens is 258 g/mol. The normalized spacial score (nSPS) is 10.7. The van der Waals surface area contributed by atoms with Gasteiger partial charge in [-0.1, -0.05) is 11.8 Å². The number of aromatic nitrogens is 3. The zero-order valence-electron chi connectivity index (χ0n) is 11.4. The van der Waals surface area contributed by atoms with Gasteiger partial charge in [0, 0.05) is 29.7 Å². The van der Waals surface area contributed by atoms with Crippen LogP contribution < -0.4 is 0 Å². The zero-order valence-corrected chi connectivity index (χ0v) is 12.2. The van der Waals surface area contributed by atoms with E-state index in [1.165, 1.54) is 18.1 Å². The van der Waals surface area contributed by atoms with Gasteiger partial charge >= 0.3 is 0 Å². The average molecular weight is 275 g/mol. The molecule has 0 saturated heterocycles. The lowest BCUT2D eigenvalue weighted by atomic mass is 10.2. The van der Waals surface area contributed by atoms with Gasteiger partial charge in [-0.15, -0.1) is 0 Å². The van der Waals surface area contributed by atoms with Gasteiger partial charge in [0.25, 0.3) is 0 Å². The van der Waals surface area contributed by atoms with Crippen LogP contribution in [0.5, 0.6) is 0 Å². The maximum Gasteiger partial charge on any atom is 0.174 e. The van der Waals surface area contributed by atoms with Gasteiger partial charge in [-0.25, -0.2) is 9.97 Å². The summed E-state index contributed by atoms with van der Waals surface area (Å²) in [5.41, 5.74) is 3.00. The highest BCUT2D eigenvalue weighted by Crippen LogP contribution is 2.20. The van der Waals surface area contributed by atoms with Crippen molar-refractivity contribution in [3.63, 3.8) is 0 Å². The summed E-state index contributed by atoms with van der Waals surface area (Å²) in [6, 6.07) is 3.79. The quantitative estimate of drug-likeness (QED) is 0.478. The number of thioether (sulfide) groups is 1. The first-order chi connectivity index (χ1) is 9.13. The summed E-state index contributed by atoms with van der Waals surface area (Å²) in [7, 11) is 0. The number of rotatable bonds is 5. The first-order valence-electron chi connectivity index (χ1n) is 6.22. The Kier molecular flexibility index (Phi) is 4.37. The van der Waals surface area contributed by atoms with Crippen LogP contribution >= 0.6 is 11.8 Å². The van der Waals surface area contributed by atoms with E-state index in [1.807, 2.05) is 26.0 Å². The fourth-order valence-electron chi connectivity index (χ4n) is 2.15. The predicted molar refractivity (Wildman–Crippen MR) is 76.7 cm³/mol. The standard InChI is InChI=1S/C14H17N3OS/c1-4-17-10(2)7-12(11(17)3)13(18)8-19-14-5-6-15-9-16-14/h5-7,9H,4,8H2,1-3H3. The molecule has 0 aliphatic carbocycles. The van der Waals surface area contributed by atoms with Crippen molar-refractivity contribution in [2.45, 2.75) is 32.3 Å². The van der Waals surface area contributed by atoms with E-state index in [9.17, 15) is 4.79 Å². The van der Waals surface area contributed by atoms with Crippen LogP contribution in [-0.4, -0.2) is 26.1 Å². The fraction of sp³-hybridized carbons (Fsp3) is 0.357. The average Bonchev–Trinajstić information content (AvgIpc) is 2.72. The van der Waals surface area contributed by atoms with Crippen LogP contribution in [0.25, 0.3) is 0 Å². The van der Waals surface area contributed by atoms with Crippen molar-refractivity contribution in [3.05, 3.63) is 41.6 Å². The number of carbonyl (C=O) groups excluding carboxylic acids is 1. The lowest BCUT2D eigenvalue weighted by Gasteiger charge is -2.05. The molecule has 0 N–H and O–H groups in total. The molecule has 0 aliphatic rings. The van der Waals surface area contributed by atoms with E-state index in [0.717, 1.165) is 28.5 Å². The summed E-state index contributed by atoms with van der Waals surface area (Å²) in [5, 5.41) is 0.827. The van der Waals surface area contributed by atoms with Gasteiger partial charge in [0.05, 0.1) is 10.8 Å². The van der Waals surface area contributed by atoms with E-state index in [1.54, 1.807) is 6.20 Å². The van der Waals surface area contributed by atoms with Gasteiger partial charge < -0.3 is 4.57 Å². The minimum atomic E-state index is 0.149. The second-order valence-electron chi connectivity index (χ2n) is 4.29. The fourth-order valence-corrected chi connectivity index (χ4v) is 2.86. The molecule has 2 aromatic heterocycles. The lowest BCUT2D eigenvalue weighted by molar-refractivity contribution is 0.102. The molecular formula is C14H17N3OS. The zero-order chi connectivity index (χ0) is 13.8. The summed E-state index contributed by atoms with van der Waals surface area (Å²) in [6.07, 6.45) is 3.18. The molecule has 0 bridgehead atoms. The third kappa shape index (κ3) is 3.04. The van der Waals surface area contributed by atoms with Crippen LogP contribution in [0, 0.1) is 13.8 Å². The Morgan fingerprint density at radius 1 is 1.42 bits per heavy atom. The first kappa shape index (κ1) is 13.8. The number of ketones is 1. The van der Waals surface area contributed by atoms with Gasteiger partial charge in [-0.2, -0.15) is 0 Å².